The van der Waals surface area contributed by atoms with Gasteiger partial charge in [-0.25, -0.2) is 4.39 Å². The van der Waals surface area contributed by atoms with E-state index in [9.17, 15) is 4.39 Å². The first-order valence-corrected chi connectivity index (χ1v) is 6.27. The van der Waals surface area contributed by atoms with E-state index >= 15 is 0 Å². The third kappa shape index (κ3) is 2.77. The second-order valence-electron chi connectivity index (χ2n) is 4.39. The van der Waals surface area contributed by atoms with Crippen molar-refractivity contribution >= 4 is 0 Å². The van der Waals surface area contributed by atoms with E-state index in [1.165, 1.54) is 11.6 Å². The van der Waals surface area contributed by atoms with Crippen LogP contribution in [0.2, 0.25) is 0 Å². The molecule has 0 amide bonds. The van der Waals surface area contributed by atoms with Gasteiger partial charge in [0.25, 0.3) is 0 Å². The van der Waals surface area contributed by atoms with Crippen LogP contribution in [-0.2, 0) is 13.0 Å². The van der Waals surface area contributed by atoms with E-state index in [0.29, 0.717) is 6.54 Å². The maximum Gasteiger partial charge on any atom is 0.123 e. The summed E-state index contributed by atoms with van der Waals surface area (Å²) in [7, 11) is 1.87. The lowest BCUT2D eigenvalue weighted by Crippen LogP contribution is -2.06. The number of hydrogen-bond acceptors (Lipinski definition) is 1. The highest BCUT2D eigenvalue weighted by Crippen LogP contribution is 2.25. The molecule has 94 valence electrons. The molecule has 0 bridgehead atoms. The predicted molar refractivity (Wildman–Crippen MR) is 74.0 cm³/mol. The van der Waals surface area contributed by atoms with Crippen molar-refractivity contribution in [2.45, 2.75) is 19.9 Å². The van der Waals surface area contributed by atoms with Crippen molar-refractivity contribution in [1.29, 1.82) is 0 Å². The first-order chi connectivity index (χ1) is 8.74. The molecule has 0 aliphatic rings. The first kappa shape index (κ1) is 12.8. The molecule has 0 heterocycles. The molecule has 0 aliphatic heterocycles. The molecule has 2 rings (SSSR count). The van der Waals surface area contributed by atoms with Gasteiger partial charge in [-0.15, -0.1) is 0 Å². The number of hydrogen-bond donors (Lipinski definition) is 1. The number of halogens is 1. The van der Waals surface area contributed by atoms with Gasteiger partial charge < -0.3 is 5.32 Å². The van der Waals surface area contributed by atoms with Crippen LogP contribution in [0.4, 0.5) is 4.39 Å². The molecule has 0 unspecified atom stereocenters. The minimum absolute atomic E-state index is 0.185. The second kappa shape index (κ2) is 5.78. The molecule has 18 heavy (non-hydrogen) atoms. The third-order valence-electron chi connectivity index (χ3n) is 3.08. The Hall–Kier alpha value is -1.67. The van der Waals surface area contributed by atoms with E-state index in [1.54, 1.807) is 6.07 Å². The van der Waals surface area contributed by atoms with Crippen molar-refractivity contribution in [2.75, 3.05) is 7.05 Å². The van der Waals surface area contributed by atoms with Crippen molar-refractivity contribution in [3.8, 4) is 11.1 Å². The van der Waals surface area contributed by atoms with Crippen LogP contribution in [0.1, 0.15) is 18.1 Å². The van der Waals surface area contributed by atoms with Gasteiger partial charge in [0.15, 0.2) is 0 Å². The fourth-order valence-corrected chi connectivity index (χ4v) is 2.14. The summed E-state index contributed by atoms with van der Waals surface area (Å²) in [6.45, 7) is 2.81. The van der Waals surface area contributed by atoms with Gasteiger partial charge in [-0.1, -0.05) is 37.3 Å². The Kier molecular flexibility index (Phi) is 4.11. The maximum absolute atomic E-state index is 13.3. The van der Waals surface area contributed by atoms with Crippen LogP contribution in [0, 0.1) is 5.82 Å². The van der Waals surface area contributed by atoms with Crippen LogP contribution >= 0.6 is 0 Å². The van der Waals surface area contributed by atoms with E-state index in [-0.39, 0.29) is 5.82 Å². The van der Waals surface area contributed by atoms with Crippen LogP contribution in [0.25, 0.3) is 11.1 Å². The van der Waals surface area contributed by atoms with Gasteiger partial charge in [-0.2, -0.15) is 0 Å². The Labute approximate surface area is 108 Å². The quantitative estimate of drug-likeness (QED) is 0.861. The summed E-state index contributed by atoms with van der Waals surface area (Å²) in [5.41, 5.74) is 4.54. The summed E-state index contributed by atoms with van der Waals surface area (Å²) in [5.74, 6) is -0.185. The highest BCUT2D eigenvalue weighted by Gasteiger charge is 2.06. The maximum atomic E-state index is 13.3. The lowest BCUT2D eigenvalue weighted by Gasteiger charge is -2.10. The number of aryl methyl sites for hydroxylation is 1. The number of benzene rings is 2. The molecule has 0 radical (unpaired) electrons. The molecule has 0 aromatic heterocycles. The van der Waals surface area contributed by atoms with E-state index in [4.69, 9.17) is 0 Å². The van der Waals surface area contributed by atoms with Crippen LogP contribution in [-0.4, -0.2) is 7.05 Å². The number of nitrogens with one attached hydrogen (secondary N) is 1. The van der Waals surface area contributed by atoms with Crippen LogP contribution in [0.3, 0.4) is 0 Å². The van der Waals surface area contributed by atoms with E-state index in [1.807, 2.05) is 13.1 Å². The first-order valence-electron chi connectivity index (χ1n) is 6.27. The molecule has 2 aromatic rings. The predicted octanol–water partition coefficient (Wildman–Crippen LogP) is 3.77. The summed E-state index contributed by atoms with van der Waals surface area (Å²) < 4.78 is 13.3. The Bertz CT molecular complexity index is 534. The SMILES string of the molecule is CCc1cccc(-c2ccc(F)cc2CNC)c1. The van der Waals surface area contributed by atoms with Gasteiger partial charge in [0.1, 0.15) is 5.82 Å². The van der Waals surface area contributed by atoms with E-state index in [2.05, 4.69) is 36.5 Å². The fourth-order valence-electron chi connectivity index (χ4n) is 2.14. The molecular weight excluding hydrogens is 225 g/mol. The smallest absolute Gasteiger partial charge is 0.123 e. The lowest BCUT2D eigenvalue weighted by molar-refractivity contribution is 0.624. The second-order valence-corrected chi connectivity index (χ2v) is 4.39. The Morgan fingerprint density at radius 2 is 1.94 bits per heavy atom. The summed E-state index contributed by atoms with van der Waals surface area (Å²) in [6.07, 6.45) is 1.01. The van der Waals surface area contributed by atoms with Gasteiger partial charge in [-0.3, -0.25) is 0 Å². The molecule has 2 aromatic carbocycles. The molecule has 0 spiro atoms. The minimum Gasteiger partial charge on any atom is -0.316 e. The van der Waals surface area contributed by atoms with Crippen LogP contribution < -0.4 is 5.32 Å². The molecular formula is C16H18FN. The summed E-state index contributed by atoms with van der Waals surface area (Å²) >= 11 is 0. The molecule has 0 fully saturated rings. The van der Waals surface area contributed by atoms with Crippen molar-refractivity contribution in [1.82, 2.24) is 5.32 Å². The lowest BCUT2D eigenvalue weighted by atomic mass is 9.97. The fraction of sp³-hybridized carbons (Fsp3) is 0.250. The van der Waals surface area contributed by atoms with Gasteiger partial charge in [0.2, 0.25) is 0 Å². The Morgan fingerprint density at radius 1 is 1.11 bits per heavy atom. The molecule has 0 atom stereocenters. The molecule has 0 aliphatic carbocycles. The monoisotopic (exact) mass is 243 g/mol. The zero-order chi connectivity index (χ0) is 13.0. The zero-order valence-electron chi connectivity index (χ0n) is 10.8. The normalized spacial score (nSPS) is 10.6. The average molecular weight is 243 g/mol. The topological polar surface area (TPSA) is 12.0 Å². The van der Waals surface area contributed by atoms with Gasteiger partial charge >= 0.3 is 0 Å². The largest absolute Gasteiger partial charge is 0.316 e. The molecule has 1 N–H and O–H groups in total. The molecule has 0 saturated carbocycles. The van der Waals surface area contributed by atoms with Gasteiger partial charge in [0, 0.05) is 6.54 Å². The van der Waals surface area contributed by atoms with E-state index in [0.717, 1.165) is 23.1 Å². The van der Waals surface area contributed by atoms with Crippen molar-refractivity contribution in [2.24, 2.45) is 0 Å². The highest BCUT2D eigenvalue weighted by molar-refractivity contribution is 5.68. The molecule has 2 heteroatoms. The highest BCUT2D eigenvalue weighted by atomic mass is 19.1. The van der Waals surface area contributed by atoms with Gasteiger partial charge in [-0.05, 0) is 47.9 Å². The Balaban J connectivity index is 2.48. The average Bonchev–Trinajstić information content (AvgIpc) is 2.39. The summed E-state index contributed by atoms with van der Waals surface area (Å²) in [5, 5.41) is 3.08. The Morgan fingerprint density at radius 3 is 2.67 bits per heavy atom. The van der Waals surface area contributed by atoms with Crippen LogP contribution in [0.5, 0.6) is 0 Å². The third-order valence-corrected chi connectivity index (χ3v) is 3.08. The summed E-state index contributed by atoms with van der Waals surface area (Å²) in [6, 6.07) is 13.4. The van der Waals surface area contributed by atoms with Crippen molar-refractivity contribution in [3.63, 3.8) is 0 Å². The van der Waals surface area contributed by atoms with Gasteiger partial charge in [0.05, 0.1) is 0 Å². The minimum atomic E-state index is -0.185. The molecule has 1 nitrogen and oxygen atoms in total. The summed E-state index contributed by atoms with van der Waals surface area (Å²) in [4.78, 5) is 0. The standard InChI is InChI=1S/C16H18FN/c1-3-12-5-4-6-13(9-12)16-8-7-15(17)10-14(16)11-18-2/h4-10,18H,3,11H2,1-2H3. The number of rotatable bonds is 4. The van der Waals surface area contributed by atoms with Crippen molar-refractivity contribution < 1.29 is 4.39 Å². The zero-order valence-corrected chi connectivity index (χ0v) is 10.8. The van der Waals surface area contributed by atoms with E-state index < -0.39 is 0 Å². The molecule has 0 saturated heterocycles. The van der Waals surface area contributed by atoms with Crippen LogP contribution in [0.15, 0.2) is 42.5 Å². The van der Waals surface area contributed by atoms with Crippen molar-refractivity contribution in [3.05, 3.63) is 59.4 Å².